The largest absolute Gasteiger partial charge is 0.336 e. The Morgan fingerprint density at radius 3 is 2.30 bits per heavy atom. The maximum absolute atomic E-state index is 13.1. The van der Waals surface area contributed by atoms with Gasteiger partial charge >= 0.3 is 0 Å². The number of non-ortho nitro benzene ring substituents is 2. The molecule has 0 aliphatic carbocycles. The van der Waals surface area contributed by atoms with E-state index in [1.54, 1.807) is 32.0 Å². The number of rotatable bonds is 7. The summed E-state index contributed by atoms with van der Waals surface area (Å²) in [5.74, 6) is -0.929. The molecule has 2 amide bonds. The van der Waals surface area contributed by atoms with Crippen LogP contribution in [-0.4, -0.2) is 50.9 Å². The smallest absolute Gasteiger partial charge is 0.269 e. The molecule has 2 aromatic carbocycles. The lowest BCUT2D eigenvalue weighted by molar-refractivity contribution is -0.385. The molecule has 0 N–H and O–H groups in total. The molecule has 11 nitrogen and oxygen atoms in total. The first kappa shape index (κ1) is 23.5. The van der Waals surface area contributed by atoms with Crippen LogP contribution in [0.5, 0.6) is 0 Å². The van der Waals surface area contributed by atoms with Gasteiger partial charge in [0.2, 0.25) is 5.91 Å². The zero-order valence-electron chi connectivity index (χ0n) is 18.4. The van der Waals surface area contributed by atoms with Gasteiger partial charge in [-0.15, -0.1) is 0 Å². The number of hydrogen-bond acceptors (Lipinski definition) is 7. The lowest BCUT2D eigenvalue weighted by Crippen LogP contribution is -2.40. The summed E-state index contributed by atoms with van der Waals surface area (Å²) >= 11 is 0. The Bertz CT molecular complexity index is 1130. The molecule has 0 unspecified atom stereocenters. The number of nitro groups is 2. The van der Waals surface area contributed by atoms with Crippen molar-refractivity contribution in [2.45, 2.75) is 26.3 Å². The number of likely N-dealkylation sites (N-methyl/N-ethyl adjacent to an activating group) is 1. The molecule has 0 saturated carbocycles. The summed E-state index contributed by atoms with van der Waals surface area (Å²) in [6.45, 7) is 3.26. The summed E-state index contributed by atoms with van der Waals surface area (Å²) in [6.07, 6.45) is 0.257. The van der Waals surface area contributed by atoms with Crippen LogP contribution >= 0.6 is 0 Å². The second kappa shape index (κ2) is 9.55. The second-order valence-electron chi connectivity index (χ2n) is 8.01. The van der Waals surface area contributed by atoms with Crippen molar-refractivity contribution in [1.82, 2.24) is 9.91 Å². The minimum absolute atomic E-state index is 0.0747. The van der Waals surface area contributed by atoms with E-state index in [0.717, 1.165) is 0 Å². The Morgan fingerprint density at radius 2 is 1.73 bits per heavy atom. The van der Waals surface area contributed by atoms with Crippen LogP contribution in [0, 0.1) is 26.1 Å². The van der Waals surface area contributed by atoms with E-state index in [-0.39, 0.29) is 36.2 Å². The van der Waals surface area contributed by atoms with Crippen molar-refractivity contribution in [3.05, 3.63) is 79.9 Å². The molecular weight excluding hydrogens is 430 g/mol. The Labute approximate surface area is 189 Å². The van der Waals surface area contributed by atoms with Crippen molar-refractivity contribution in [3.8, 4) is 0 Å². The molecule has 1 atom stereocenters. The first-order valence-electron chi connectivity index (χ1n) is 10.2. The normalized spacial score (nSPS) is 15.3. The average molecular weight is 453 g/mol. The molecule has 1 heterocycles. The van der Waals surface area contributed by atoms with Gasteiger partial charge in [0, 0.05) is 43.7 Å². The molecule has 0 aromatic heterocycles. The van der Waals surface area contributed by atoms with Gasteiger partial charge in [-0.3, -0.25) is 29.8 Å². The predicted octanol–water partition coefficient (Wildman–Crippen LogP) is 3.30. The second-order valence-corrected chi connectivity index (χ2v) is 8.01. The summed E-state index contributed by atoms with van der Waals surface area (Å²) in [6, 6.07) is 11.1. The molecule has 0 fully saturated rings. The number of carbonyl (C=O) groups excluding carboxylic acids is 2. The highest BCUT2D eigenvalue weighted by Crippen LogP contribution is 2.34. The molecule has 172 valence electrons. The van der Waals surface area contributed by atoms with E-state index in [0.29, 0.717) is 16.8 Å². The number of carbonyl (C=O) groups is 2. The first-order chi connectivity index (χ1) is 15.6. The third-order valence-corrected chi connectivity index (χ3v) is 5.29. The summed E-state index contributed by atoms with van der Waals surface area (Å²) in [5.41, 5.74) is 1.44. The van der Waals surface area contributed by atoms with Gasteiger partial charge in [0.05, 0.1) is 21.6 Å². The summed E-state index contributed by atoms with van der Waals surface area (Å²) < 4.78 is 0. The van der Waals surface area contributed by atoms with E-state index >= 15 is 0 Å². The first-order valence-corrected chi connectivity index (χ1v) is 10.2. The molecule has 11 heteroatoms. The molecule has 3 rings (SSSR count). The Kier molecular flexibility index (Phi) is 6.80. The lowest BCUT2D eigenvalue weighted by atomic mass is 9.98. The van der Waals surface area contributed by atoms with Crippen LogP contribution in [0.4, 0.5) is 11.4 Å². The van der Waals surface area contributed by atoms with Gasteiger partial charge in [0.25, 0.3) is 17.3 Å². The van der Waals surface area contributed by atoms with E-state index < -0.39 is 21.8 Å². The van der Waals surface area contributed by atoms with Gasteiger partial charge in [0.1, 0.15) is 6.54 Å². The fraction of sp³-hybridized carbons (Fsp3) is 0.318. The minimum Gasteiger partial charge on any atom is -0.336 e. The fourth-order valence-electron chi connectivity index (χ4n) is 3.59. The van der Waals surface area contributed by atoms with Crippen LogP contribution in [-0.2, 0) is 9.59 Å². The Balaban J connectivity index is 1.95. The van der Waals surface area contributed by atoms with Gasteiger partial charge in [0.15, 0.2) is 0 Å². The third kappa shape index (κ3) is 5.20. The van der Waals surface area contributed by atoms with Crippen molar-refractivity contribution in [1.29, 1.82) is 0 Å². The van der Waals surface area contributed by atoms with Crippen molar-refractivity contribution in [2.24, 2.45) is 11.0 Å². The van der Waals surface area contributed by atoms with Crippen molar-refractivity contribution in [3.63, 3.8) is 0 Å². The number of nitro benzene ring substituents is 2. The molecular formula is C22H23N5O6. The average Bonchev–Trinajstić information content (AvgIpc) is 3.24. The summed E-state index contributed by atoms with van der Waals surface area (Å²) in [4.78, 5) is 47.8. The summed E-state index contributed by atoms with van der Waals surface area (Å²) in [7, 11) is 1.53. The zero-order chi connectivity index (χ0) is 24.3. The molecule has 0 spiro atoms. The quantitative estimate of drug-likeness (QED) is 0.465. The highest BCUT2D eigenvalue weighted by atomic mass is 16.6. The number of amides is 2. The Hall–Kier alpha value is -4.15. The van der Waals surface area contributed by atoms with Crippen molar-refractivity contribution in [2.75, 3.05) is 13.6 Å². The van der Waals surface area contributed by atoms with Crippen LogP contribution < -0.4 is 0 Å². The topological polar surface area (TPSA) is 139 Å². The van der Waals surface area contributed by atoms with Gasteiger partial charge in [-0.2, -0.15) is 5.10 Å². The van der Waals surface area contributed by atoms with Crippen LogP contribution in [0.3, 0.4) is 0 Å². The molecule has 0 saturated heterocycles. The minimum atomic E-state index is -0.620. The lowest BCUT2D eigenvalue weighted by Gasteiger charge is -2.25. The highest BCUT2D eigenvalue weighted by molar-refractivity contribution is 6.03. The number of nitrogens with zero attached hydrogens (tertiary/aromatic N) is 5. The molecule has 33 heavy (non-hydrogen) atoms. The van der Waals surface area contributed by atoms with Crippen LogP contribution in [0.1, 0.15) is 37.4 Å². The van der Waals surface area contributed by atoms with Gasteiger partial charge < -0.3 is 4.90 Å². The van der Waals surface area contributed by atoms with E-state index in [9.17, 15) is 29.8 Å². The number of benzene rings is 2. The molecule has 1 aliphatic heterocycles. The monoisotopic (exact) mass is 453 g/mol. The third-order valence-electron chi connectivity index (χ3n) is 5.29. The van der Waals surface area contributed by atoms with Gasteiger partial charge in [-0.05, 0) is 23.3 Å². The van der Waals surface area contributed by atoms with Crippen LogP contribution in [0.2, 0.25) is 0 Å². The van der Waals surface area contributed by atoms with Crippen LogP contribution in [0.25, 0.3) is 0 Å². The van der Waals surface area contributed by atoms with E-state index in [1.165, 1.54) is 47.3 Å². The highest BCUT2D eigenvalue weighted by Gasteiger charge is 2.34. The fourth-order valence-corrected chi connectivity index (χ4v) is 3.59. The van der Waals surface area contributed by atoms with Gasteiger partial charge in [-0.1, -0.05) is 26.0 Å². The number of hydrazone groups is 1. The van der Waals surface area contributed by atoms with Gasteiger partial charge in [-0.25, -0.2) is 5.01 Å². The molecule has 2 aromatic rings. The SMILES string of the molecule is CC(C)C(=O)N(C)CC(=O)N1N=C(c2ccc([N+](=O)[O-])cc2)C[C@H]1c1cccc([N+](=O)[O-])c1. The van der Waals surface area contributed by atoms with E-state index in [1.807, 2.05) is 0 Å². The maximum atomic E-state index is 13.1. The van der Waals surface area contributed by atoms with E-state index in [4.69, 9.17) is 0 Å². The Morgan fingerprint density at radius 1 is 1.09 bits per heavy atom. The van der Waals surface area contributed by atoms with Crippen molar-refractivity contribution < 1.29 is 19.4 Å². The van der Waals surface area contributed by atoms with Crippen molar-refractivity contribution >= 4 is 28.9 Å². The number of hydrogen-bond donors (Lipinski definition) is 0. The zero-order valence-corrected chi connectivity index (χ0v) is 18.4. The molecule has 0 bridgehead atoms. The van der Waals surface area contributed by atoms with Crippen LogP contribution in [0.15, 0.2) is 53.6 Å². The predicted molar refractivity (Wildman–Crippen MR) is 119 cm³/mol. The molecule has 1 aliphatic rings. The summed E-state index contributed by atoms with van der Waals surface area (Å²) in [5, 5.41) is 27.9. The maximum Gasteiger partial charge on any atom is 0.269 e. The standard InChI is InChI=1S/C22H23N5O6/c1-14(2)22(29)24(3)13-21(28)25-20(16-5-4-6-18(11-16)27(32)33)12-19(23-25)15-7-9-17(10-8-15)26(30)31/h4-11,14,20H,12-13H2,1-3H3/t20-/m0/s1. The molecule has 0 radical (unpaired) electrons. The van der Waals surface area contributed by atoms with E-state index in [2.05, 4.69) is 5.10 Å².